The first-order chi connectivity index (χ1) is 9.61. The van der Waals surface area contributed by atoms with Crippen molar-refractivity contribution in [1.29, 1.82) is 0 Å². The minimum Gasteiger partial charge on any atom is -0.399 e. The third-order valence-corrected chi connectivity index (χ3v) is 3.66. The van der Waals surface area contributed by atoms with Gasteiger partial charge in [0.1, 0.15) is 5.69 Å². The van der Waals surface area contributed by atoms with E-state index in [-0.39, 0.29) is 11.4 Å². The Morgan fingerprint density at radius 2 is 1.80 bits per heavy atom. The second kappa shape index (κ2) is 6.85. The molecule has 20 heavy (non-hydrogen) atoms. The fraction of sp³-hybridized carbons (Fsp3) is 0.571. The topological polar surface area (TPSA) is 53.3 Å². The van der Waals surface area contributed by atoms with Crippen LogP contribution in [-0.2, 0) is 0 Å². The SMILES string of the molecule is CNCCNC1CCN(c2c(F)cc(N)cc2F)CC1. The van der Waals surface area contributed by atoms with Crippen LogP contribution >= 0.6 is 0 Å². The van der Waals surface area contributed by atoms with Crippen molar-refractivity contribution >= 4 is 11.4 Å². The molecule has 1 aromatic rings. The molecule has 112 valence electrons. The van der Waals surface area contributed by atoms with Crippen LogP contribution in [0.15, 0.2) is 12.1 Å². The molecule has 1 aliphatic heterocycles. The summed E-state index contributed by atoms with van der Waals surface area (Å²) in [6.07, 6.45) is 1.76. The lowest BCUT2D eigenvalue weighted by molar-refractivity contribution is 0.410. The van der Waals surface area contributed by atoms with E-state index in [0.717, 1.165) is 25.9 Å². The number of nitrogens with one attached hydrogen (secondary N) is 2. The zero-order valence-corrected chi connectivity index (χ0v) is 11.8. The van der Waals surface area contributed by atoms with Crippen LogP contribution in [0.4, 0.5) is 20.2 Å². The minimum absolute atomic E-state index is 0.0490. The van der Waals surface area contributed by atoms with Crippen LogP contribution in [0.2, 0.25) is 0 Å². The van der Waals surface area contributed by atoms with Crippen molar-refractivity contribution in [3.05, 3.63) is 23.8 Å². The van der Waals surface area contributed by atoms with E-state index in [9.17, 15) is 8.78 Å². The van der Waals surface area contributed by atoms with Crippen LogP contribution in [0.1, 0.15) is 12.8 Å². The number of benzene rings is 1. The Hall–Kier alpha value is -1.40. The summed E-state index contributed by atoms with van der Waals surface area (Å²) < 4.78 is 27.7. The van der Waals surface area contributed by atoms with E-state index in [1.165, 1.54) is 12.1 Å². The third-order valence-electron chi connectivity index (χ3n) is 3.66. The fourth-order valence-electron chi connectivity index (χ4n) is 2.60. The largest absolute Gasteiger partial charge is 0.399 e. The molecule has 0 amide bonds. The number of hydrogen-bond donors (Lipinski definition) is 3. The second-order valence-corrected chi connectivity index (χ2v) is 5.15. The van der Waals surface area contributed by atoms with E-state index in [0.29, 0.717) is 19.1 Å². The molecule has 4 N–H and O–H groups in total. The average Bonchev–Trinajstić information content (AvgIpc) is 2.39. The molecule has 4 nitrogen and oxygen atoms in total. The Bertz CT molecular complexity index is 422. The van der Waals surface area contributed by atoms with E-state index in [4.69, 9.17) is 5.73 Å². The molecule has 0 unspecified atom stereocenters. The number of anilines is 2. The predicted molar refractivity (Wildman–Crippen MR) is 77.9 cm³/mol. The highest BCUT2D eigenvalue weighted by atomic mass is 19.1. The second-order valence-electron chi connectivity index (χ2n) is 5.15. The Morgan fingerprint density at radius 1 is 1.20 bits per heavy atom. The van der Waals surface area contributed by atoms with Gasteiger partial charge in [0.05, 0.1) is 0 Å². The first-order valence-electron chi connectivity index (χ1n) is 6.99. The van der Waals surface area contributed by atoms with Gasteiger partial charge in [-0.15, -0.1) is 0 Å². The summed E-state index contributed by atoms with van der Waals surface area (Å²) in [6, 6.07) is 2.77. The Labute approximate surface area is 118 Å². The van der Waals surface area contributed by atoms with Gasteiger partial charge in [-0.2, -0.15) is 0 Å². The first kappa shape index (κ1) is 15.0. The summed E-state index contributed by atoms with van der Waals surface area (Å²) in [7, 11) is 1.91. The van der Waals surface area contributed by atoms with Crippen molar-refractivity contribution in [3.63, 3.8) is 0 Å². The summed E-state index contributed by atoms with van der Waals surface area (Å²) in [6.45, 7) is 3.12. The highest BCUT2D eigenvalue weighted by Crippen LogP contribution is 2.28. The normalized spacial score (nSPS) is 16.6. The third kappa shape index (κ3) is 3.58. The molecule has 0 atom stereocenters. The smallest absolute Gasteiger partial charge is 0.151 e. The molecular formula is C14H22F2N4. The first-order valence-corrected chi connectivity index (χ1v) is 6.99. The van der Waals surface area contributed by atoms with Gasteiger partial charge in [-0.1, -0.05) is 0 Å². The van der Waals surface area contributed by atoms with Crippen molar-refractivity contribution in [3.8, 4) is 0 Å². The van der Waals surface area contributed by atoms with Crippen LogP contribution in [0, 0.1) is 11.6 Å². The number of hydrogen-bond acceptors (Lipinski definition) is 4. The lowest BCUT2D eigenvalue weighted by Gasteiger charge is -2.34. The number of piperidine rings is 1. The maximum Gasteiger partial charge on any atom is 0.151 e. The molecule has 0 radical (unpaired) electrons. The standard InChI is InChI=1S/C14H22F2N4/c1-18-4-5-19-11-2-6-20(7-3-11)14-12(15)8-10(17)9-13(14)16/h8-9,11,18-19H,2-7,17H2,1H3. The minimum atomic E-state index is -0.580. The van der Waals surface area contributed by atoms with Crippen LogP contribution in [0.25, 0.3) is 0 Å². The summed E-state index contributed by atoms with van der Waals surface area (Å²) in [4.78, 5) is 1.76. The van der Waals surface area contributed by atoms with E-state index in [1.807, 2.05) is 7.05 Å². The van der Waals surface area contributed by atoms with Crippen molar-refractivity contribution in [2.75, 3.05) is 43.9 Å². The van der Waals surface area contributed by atoms with E-state index < -0.39 is 11.6 Å². The monoisotopic (exact) mass is 284 g/mol. The summed E-state index contributed by atoms with van der Waals surface area (Å²) in [5.74, 6) is -1.16. The van der Waals surface area contributed by atoms with Crippen molar-refractivity contribution < 1.29 is 8.78 Å². The molecular weight excluding hydrogens is 262 g/mol. The number of rotatable bonds is 5. The van der Waals surface area contributed by atoms with Crippen molar-refractivity contribution in [2.45, 2.75) is 18.9 Å². The number of halogens is 2. The molecule has 1 heterocycles. The Morgan fingerprint density at radius 3 is 2.35 bits per heavy atom. The molecule has 1 saturated heterocycles. The molecule has 1 aliphatic rings. The summed E-state index contributed by atoms with van der Waals surface area (Å²) in [5.41, 5.74) is 5.60. The molecule has 6 heteroatoms. The van der Waals surface area contributed by atoms with Gasteiger partial charge in [0.15, 0.2) is 11.6 Å². The van der Waals surface area contributed by atoms with Crippen LogP contribution in [0.3, 0.4) is 0 Å². The van der Waals surface area contributed by atoms with E-state index in [2.05, 4.69) is 10.6 Å². The van der Waals surface area contributed by atoms with Gasteiger partial charge in [0, 0.05) is 37.9 Å². The molecule has 0 aliphatic carbocycles. The quantitative estimate of drug-likeness (QED) is 0.564. The summed E-state index contributed by atoms with van der Waals surface area (Å²) >= 11 is 0. The van der Waals surface area contributed by atoms with Gasteiger partial charge in [0.25, 0.3) is 0 Å². The maximum absolute atomic E-state index is 13.9. The number of likely N-dealkylation sites (N-methyl/N-ethyl adjacent to an activating group) is 1. The zero-order chi connectivity index (χ0) is 14.5. The van der Waals surface area contributed by atoms with Gasteiger partial charge in [0.2, 0.25) is 0 Å². The molecule has 0 bridgehead atoms. The average molecular weight is 284 g/mol. The molecule has 0 saturated carbocycles. The van der Waals surface area contributed by atoms with Crippen LogP contribution < -0.4 is 21.3 Å². The van der Waals surface area contributed by atoms with Crippen LogP contribution in [0.5, 0.6) is 0 Å². The van der Waals surface area contributed by atoms with Gasteiger partial charge in [-0.25, -0.2) is 8.78 Å². The summed E-state index contributed by atoms with van der Waals surface area (Å²) in [5, 5.41) is 6.51. The van der Waals surface area contributed by atoms with Gasteiger partial charge >= 0.3 is 0 Å². The van der Waals surface area contributed by atoms with Gasteiger partial charge in [-0.3, -0.25) is 0 Å². The predicted octanol–water partition coefficient (Wildman–Crippen LogP) is 1.32. The number of nitrogens with two attached hydrogens (primary N) is 1. The lowest BCUT2D eigenvalue weighted by atomic mass is 10.0. The number of nitrogens with zero attached hydrogens (tertiary/aromatic N) is 1. The van der Waals surface area contributed by atoms with E-state index in [1.54, 1.807) is 4.90 Å². The fourth-order valence-corrected chi connectivity index (χ4v) is 2.60. The zero-order valence-electron chi connectivity index (χ0n) is 11.8. The molecule has 2 rings (SSSR count). The van der Waals surface area contributed by atoms with Crippen LogP contribution in [-0.4, -0.2) is 39.3 Å². The molecule has 1 aromatic carbocycles. The van der Waals surface area contributed by atoms with Gasteiger partial charge in [-0.05, 0) is 32.0 Å². The molecule has 0 spiro atoms. The maximum atomic E-state index is 13.9. The van der Waals surface area contributed by atoms with Crippen molar-refractivity contribution in [2.24, 2.45) is 0 Å². The highest BCUT2D eigenvalue weighted by Gasteiger charge is 2.23. The van der Waals surface area contributed by atoms with E-state index >= 15 is 0 Å². The number of nitrogen functional groups attached to an aromatic ring is 1. The Balaban J connectivity index is 1.94. The molecule has 0 aromatic heterocycles. The lowest BCUT2D eigenvalue weighted by Crippen LogP contribution is -2.44. The van der Waals surface area contributed by atoms with Gasteiger partial charge < -0.3 is 21.3 Å². The van der Waals surface area contributed by atoms with Crippen molar-refractivity contribution in [1.82, 2.24) is 10.6 Å². The molecule has 1 fully saturated rings. The Kier molecular flexibility index (Phi) is 5.14. The highest BCUT2D eigenvalue weighted by molar-refractivity contribution is 5.56.